The maximum Gasteiger partial charge on any atom is 0.251 e. The van der Waals surface area contributed by atoms with E-state index in [4.69, 9.17) is 17.3 Å². The highest BCUT2D eigenvalue weighted by Crippen LogP contribution is 2.18. The van der Waals surface area contributed by atoms with Gasteiger partial charge in [-0.1, -0.05) is 11.6 Å². The minimum Gasteiger partial charge on any atom is -0.399 e. The van der Waals surface area contributed by atoms with Crippen molar-refractivity contribution in [2.45, 2.75) is 0 Å². The zero-order valence-corrected chi connectivity index (χ0v) is 11.7. The van der Waals surface area contributed by atoms with Gasteiger partial charge in [-0.15, -0.1) is 0 Å². The number of anilines is 2. The van der Waals surface area contributed by atoms with Gasteiger partial charge < -0.3 is 16.4 Å². The molecule has 1 heterocycles. The summed E-state index contributed by atoms with van der Waals surface area (Å²) in [5.74, 6) is -0.754. The molecule has 0 fully saturated rings. The Balaban J connectivity index is 1.88. The number of carbonyl (C=O) groups is 2. The minimum atomic E-state index is -0.395. The van der Waals surface area contributed by atoms with Crippen molar-refractivity contribution in [1.82, 2.24) is 10.3 Å². The van der Waals surface area contributed by atoms with Crippen molar-refractivity contribution >= 4 is 34.8 Å². The molecule has 6 nitrogen and oxygen atoms in total. The van der Waals surface area contributed by atoms with Crippen LogP contribution in [-0.2, 0) is 4.79 Å². The maximum absolute atomic E-state index is 11.8. The van der Waals surface area contributed by atoms with Gasteiger partial charge in [0, 0.05) is 17.4 Å². The van der Waals surface area contributed by atoms with E-state index >= 15 is 0 Å². The molecule has 0 aliphatic rings. The highest BCUT2D eigenvalue weighted by atomic mass is 35.5. The van der Waals surface area contributed by atoms with Gasteiger partial charge in [0.2, 0.25) is 5.91 Å². The Hall–Kier alpha value is -2.60. The lowest BCUT2D eigenvalue weighted by molar-refractivity contribution is -0.115. The number of hydrogen-bond acceptors (Lipinski definition) is 4. The molecule has 2 amide bonds. The van der Waals surface area contributed by atoms with E-state index in [9.17, 15) is 9.59 Å². The molecule has 0 aliphatic heterocycles. The Kier molecular flexibility index (Phi) is 4.73. The fourth-order valence-corrected chi connectivity index (χ4v) is 1.71. The van der Waals surface area contributed by atoms with Gasteiger partial charge in [-0.25, -0.2) is 0 Å². The molecular formula is C14H13ClN4O2. The summed E-state index contributed by atoms with van der Waals surface area (Å²) in [6.45, 7) is -0.172. The number of rotatable bonds is 4. The van der Waals surface area contributed by atoms with E-state index in [2.05, 4.69) is 15.6 Å². The van der Waals surface area contributed by atoms with Crippen LogP contribution in [0.5, 0.6) is 0 Å². The normalized spacial score (nSPS) is 9.95. The van der Waals surface area contributed by atoms with Crippen LogP contribution in [0, 0.1) is 0 Å². The average molecular weight is 305 g/mol. The molecule has 2 aromatic rings. The van der Waals surface area contributed by atoms with Crippen LogP contribution in [0.1, 0.15) is 10.4 Å². The Morgan fingerprint density at radius 3 is 2.57 bits per heavy atom. The first-order valence-electron chi connectivity index (χ1n) is 6.09. The number of amides is 2. The van der Waals surface area contributed by atoms with Crippen molar-refractivity contribution in [1.29, 1.82) is 0 Å². The lowest BCUT2D eigenvalue weighted by Crippen LogP contribution is -2.32. The number of hydrogen-bond donors (Lipinski definition) is 3. The largest absolute Gasteiger partial charge is 0.399 e. The number of aromatic nitrogens is 1. The molecule has 0 saturated carbocycles. The van der Waals surface area contributed by atoms with Crippen LogP contribution in [0.15, 0.2) is 42.7 Å². The van der Waals surface area contributed by atoms with E-state index in [0.29, 0.717) is 22.0 Å². The number of benzene rings is 1. The number of carbonyl (C=O) groups excluding carboxylic acids is 2. The highest BCUT2D eigenvalue weighted by molar-refractivity contribution is 6.33. The summed E-state index contributed by atoms with van der Waals surface area (Å²) in [4.78, 5) is 27.4. The van der Waals surface area contributed by atoms with Crippen LogP contribution < -0.4 is 16.4 Å². The summed E-state index contributed by atoms with van der Waals surface area (Å²) in [6.07, 6.45) is 2.95. The van der Waals surface area contributed by atoms with Crippen molar-refractivity contribution in [3.63, 3.8) is 0 Å². The van der Waals surface area contributed by atoms with E-state index in [1.807, 2.05) is 0 Å². The second kappa shape index (κ2) is 6.71. The third-order valence-corrected chi connectivity index (χ3v) is 2.95. The van der Waals surface area contributed by atoms with Gasteiger partial charge in [-0.05, 0) is 30.3 Å². The molecule has 0 bridgehead atoms. The van der Waals surface area contributed by atoms with Crippen LogP contribution >= 0.6 is 11.6 Å². The molecule has 0 atom stereocenters. The van der Waals surface area contributed by atoms with Crippen molar-refractivity contribution in [3.8, 4) is 0 Å². The lowest BCUT2D eigenvalue weighted by atomic mass is 10.2. The summed E-state index contributed by atoms with van der Waals surface area (Å²) in [5.41, 5.74) is 6.92. The van der Waals surface area contributed by atoms with Crippen LogP contribution in [0.3, 0.4) is 0 Å². The fourth-order valence-electron chi connectivity index (χ4n) is 1.56. The van der Waals surface area contributed by atoms with Crippen LogP contribution in [0.25, 0.3) is 0 Å². The summed E-state index contributed by atoms with van der Waals surface area (Å²) >= 11 is 5.89. The number of pyridine rings is 1. The number of nitrogens with two attached hydrogens (primary N) is 1. The molecule has 4 N–H and O–H groups in total. The van der Waals surface area contributed by atoms with Gasteiger partial charge >= 0.3 is 0 Å². The summed E-state index contributed by atoms with van der Waals surface area (Å²) in [7, 11) is 0. The predicted molar refractivity (Wildman–Crippen MR) is 81.1 cm³/mol. The maximum atomic E-state index is 11.8. The average Bonchev–Trinajstić information content (AvgIpc) is 2.48. The van der Waals surface area contributed by atoms with E-state index in [1.165, 1.54) is 12.4 Å². The molecule has 0 radical (unpaired) electrons. The van der Waals surface area contributed by atoms with Gasteiger partial charge in [0.25, 0.3) is 5.91 Å². The monoisotopic (exact) mass is 304 g/mol. The second-order valence-electron chi connectivity index (χ2n) is 4.21. The molecule has 1 aromatic carbocycles. The molecule has 0 aliphatic carbocycles. The Morgan fingerprint density at radius 1 is 1.19 bits per heavy atom. The van der Waals surface area contributed by atoms with Crippen LogP contribution in [0.4, 0.5) is 11.4 Å². The number of halogens is 1. The van der Waals surface area contributed by atoms with E-state index in [0.717, 1.165) is 0 Å². The summed E-state index contributed by atoms with van der Waals surface area (Å²) < 4.78 is 0. The SMILES string of the molecule is Nc1ccc(C(=O)NCC(=O)Nc2cnccc2Cl)cc1. The van der Waals surface area contributed by atoms with Crippen LogP contribution in [0.2, 0.25) is 5.02 Å². The first kappa shape index (κ1) is 14.8. The predicted octanol–water partition coefficient (Wildman–Crippen LogP) is 1.69. The molecule has 108 valence electrons. The van der Waals surface area contributed by atoms with E-state index < -0.39 is 5.91 Å². The van der Waals surface area contributed by atoms with Gasteiger partial charge in [-0.3, -0.25) is 14.6 Å². The Labute approximate surface area is 126 Å². The molecule has 7 heteroatoms. The Morgan fingerprint density at radius 2 is 1.90 bits per heavy atom. The zero-order valence-electron chi connectivity index (χ0n) is 11.0. The first-order chi connectivity index (χ1) is 10.1. The van der Waals surface area contributed by atoms with Gasteiger partial charge in [0.1, 0.15) is 0 Å². The highest BCUT2D eigenvalue weighted by Gasteiger charge is 2.09. The second-order valence-corrected chi connectivity index (χ2v) is 4.62. The van der Waals surface area contributed by atoms with Gasteiger partial charge in [0.05, 0.1) is 23.5 Å². The lowest BCUT2D eigenvalue weighted by Gasteiger charge is -2.08. The Bertz CT molecular complexity index is 658. The van der Waals surface area contributed by atoms with Crippen molar-refractivity contribution in [2.75, 3.05) is 17.6 Å². The quantitative estimate of drug-likeness (QED) is 0.749. The van der Waals surface area contributed by atoms with Crippen molar-refractivity contribution < 1.29 is 9.59 Å². The third-order valence-electron chi connectivity index (χ3n) is 2.62. The first-order valence-corrected chi connectivity index (χ1v) is 6.47. The summed E-state index contributed by atoms with van der Waals surface area (Å²) in [6, 6.07) is 7.96. The molecule has 0 unspecified atom stereocenters. The van der Waals surface area contributed by atoms with Crippen LogP contribution in [-0.4, -0.2) is 23.3 Å². The third kappa shape index (κ3) is 4.19. The fraction of sp³-hybridized carbons (Fsp3) is 0.0714. The molecule has 0 spiro atoms. The number of nitrogens with zero attached hydrogens (tertiary/aromatic N) is 1. The topological polar surface area (TPSA) is 97.1 Å². The van der Waals surface area contributed by atoms with Crippen molar-refractivity contribution in [3.05, 3.63) is 53.3 Å². The molecule has 21 heavy (non-hydrogen) atoms. The standard InChI is InChI=1S/C14H13ClN4O2/c15-11-5-6-17-7-12(11)19-13(20)8-18-14(21)9-1-3-10(16)4-2-9/h1-7H,8,16H2,(H,18,21)(H,19,20). The molecular weight excluding hydrogens is 292 g/mol. The van der Waals surface area contributed by atoms with Gasteiger partial charge in [0.15, 0.2) is 0 Å². The zero-order chi connectivity index (χ0) is 15.2. The van der Waals surface area contributed by atoms with E-state index in [1.54, 1.807) is 30.3 Å². The van der Waals surface area contributed by atoms with Crippen molar-refractivity contribution in [2.24, 2.45) is 0 Å². The van der Waals surface area contributed by atoms with E-state index in [-0.39, 0.29) is 12.5 Å². The molecule has 1 aromatic heterocycles. The molecule has 0 saturated heterocycles. The molecule has 2 rings (SSSR count). The smallest absolute Gasteiger partial charge is 0.251 e. The summed E-state index contributed by atoms with van der Waals surface area (Å²) in [5, 5.41) is 5.44. The number of nitrogens with one attached hydrogen (secondary N) is 2. The van der Waals surface area contributed by atoms with Gasteiger partial charge in [-0.2, -0.15) is 0 Å². The number of nitrogen functional groups attached to an aromatic ring is 1. The minimum absolute atomic E-state index is 0.172.